The summed E-state index contributed by atoms with van der Waals surface area (Å²) in [6.07, 6.45) is 1.43. The van der Waals surface area contributed by atoms with E-state index in [9.17, 15) is 10.1 Å². The summed E-state index contributed by atoms with van der Waals surface area (Å²) in [5.41, 5.74) is 4.21. The molecule has 0 saturated heterocycles. The van der Waals surface area contributed by atoms with Crippen LogP contribution in [0, 0.1) is 11.3 Å². The Kier molecular flexibility index (Phi) is 5.78. The summed E-state index contributed by atoms with van der Waals surface area (Å²) in [6.45, 7) is 3.68. The van der Waals surface area contributed by atoms with Gasteiger partial charge in [-0.25, -0.2) is 4.98 Å². The van der Waals surface area contributed by atoms with E-state index in [2.05, 4.69) is 33.5 Å². The van der Waals surface area contributed by atoms with Crippen LogP contribution < -0.4 is 5.32 Å². The molecule has 0 fully saturated rings. The molecule has 0 bridgehead atoms. The van der Waals surface area contributed by atoms with E-state index in [4.69, 9.17) is 4.98 Å². The topological polar surface area (TPSA) is 99.7 Å². The Balaban J connectivity index is 1.39. The minimum Gasteiger partial charge on any atom is -0.327 e. The van der Waals surface area contributed by atoms with Gasteiger partial charge in [-0.2, -0.15) is 5.26 Å². The van der Waals surface area contributed by atoms with Crippen LogP contribution in [0.5, 0.6) is 0 Å². The molecule has 1 aromatic carbocycles. The summed E-state index contributed by atoms with van der Waals surface area (Å²) in [4.78, 5) is 21.2. The molecule has 3 aromatic heterocycles. The number of aryl methyl sites for hydroxylation is 1. The summed E-state index contributed by atoms with van der Waals surface area (Å²) < 4.78 is 2.00. The summed E-state index contributed by atoms with van der Waals surface area (Å²) in [6, 6.07) is 10.3. The number of thioether (sulfide) groups is 1. The SMILES string of the molecule is CCC(Sc1nnc2c3ccccc3n(C)c2n1)C(=O)Nc1sc2c(c1C#N)CCN(C)C2. The number of fused-ring (bicyclic) bond motifs is 4. The van der Waals surface area contributed by atoms with Crippen molar-refractivity contribution in [2.75, 3.05) is 18.9 Å². The second-order valence-corrected chi connectivity index (χ2v) is 10.4. The number of para-hydroxylation sites is 1. The van der Waals surface area contributed by atoms with Crippen molar-refractivity contribution >= 4 is 56.1 Å². The Hall–Kier alpha value is -3.00. The fourth-order valence-electron chi connectivity index (χ4n) is 4.22. The van der Waals surface area contributed by atoms with Crippen LogP contribution in [-0.4, -0.2) is 49.4 Å². The smallest absolute Gasteiger partial charge is 0.238 e. The molecule has 4 aromatic rings. The highest BCUT2D eigenvalue weighted by atomic mass is 32.2. The Morgan fingerprint density at radius 3 is 2.94 bits per heavy atom. The van der Waals surface area contributed by atoms with Gasteiger partial charge in [-0.1, -0.05) is 36.9 Å². The lowest BCUT2D eigenvalue weighted by Gasteiger charge is -2.21. The first-order valence-corrected chi connectivity index (χ1v) is 12.5. The maximum Gasteiger partial charge on any atom is 0.238 e. The molecule has 4 heterocycles. The number of rotatable bonds is 5. The summed E-state index contributed by atoms with van der Waals surface area (Å²) >= 11 is 2.81. The highest BCUT2D eigenvalue weighted by molar-refractivity contribution is 8.00. The average Bonchev–Trinajstić information content (AvgIpc) is 3.31. The van der Waals surface area contributed by atoms with Gasteiger partial charge in [0, 0.05) is 30.4 Å². The van der Waals surface area contributed by atoms with Crippen LogP contribution in [0.1, 0.15) is 29.3 Å². The van der Waals surface area contributed by atoms with Crippen molar-refractivity contribution in [2.24, 2.45) is 7.05 Å². The van der Waals surface area contributed by atoms with E-state index in [0.717, 1.165) is 52.0 Å². The van der Waals surface area contributed by atoms with Crippen molar-refractivity contribution in [3.63, 3.8) is 0 Å². The number of nitrogens with one attached hydrogen (secondary N) is 1. The third-order valence-electron chi connectivity index (χ3n) is 5.99. The second kappa shape index (κ2) is 8.74. The van der Waals surface area contributed by atoms with Crippen LogP contribution in [0.25, 0.3) is 22.1 Å². The molecule has 0 spiro atoms. The molecule has 1 aliphatic heterocycles. The molecule has 1 amide bonds. The van der Waals surface area contributed by atoms with E-state index in [1.807, 2.05) is 42.8 Å². The van der Waals surface area contributed by atoms with E-state index in [-0.39, 0.29) is 5.91 Å². The van der Waals surface area contributed by atoms with Gasteiger partial charge in [-0.3, -0.25) is 4.79 Å². The predicted molar refractivity (Wildman–Crippen MR) is 131 cm³/mol. The number of nitriles is 1. The van der Waals surface area contributed by atoms with Gasteiger partial charge in [0.25, 0.3) is 0 Å². The minimum atomic E-state index is -0.396. The number of aromatic nitrogens is 4. The van der Waals surface area contributed by atoms with Crippen LogP contribution >= 0.6 is 23.1 Å². The third-order valence-corrected chi connectivity index (χ3v) is 8.34. The first kappa shape index (κ1) is 21.8. The molecule has 8 nitrogen and oxygen atoms in total. The van der Waals surface area contributed by atoms with Gasteiger partial charge in [0.15, 0.2) is 5.65 Å². The molecule has 0 aliphatic carbocycles. The molecule has 5 rings (SSSR count). The zero-order chi connectivity index (χ0) is 23.1. The molecule has 33 heavy (non-hydrogen) atoms. The minimum absolute atomic E-state index is 0.147. The number of likely N-dealkylation sites (N-methyl/N-ethyl adjacent to an activating group) is 1. The predicted octanol–water partition coefficient (Wildman–Crippen LogP) is 3.95. The van der Waals surface area contributed by atoms with Gasteiger partial charge in [0.2, 0.25) is 11.1 Å². The molecular weight excluding hydrogens is 454 g/mol. The fourth-order valence-corrected chi connectivity index (χ4v) is 6.32. The van der Waals surface area contributed by atoms with Crippen LogP contribution in [0.15, 0.2) is 29.4 Å². The normalized spacial score (nSPS) is 14.8. The van der Waals surface area contributed by atoms with Gasteiger partial charge >= 0.3 is 0 Å². The number of thiophene rings is 1. The quantitative estimate of drug-likeness (QED) is 0.435. The summed E-state index contributed by atoms with van der Waals surface area (Å²) in [7, 11) is 4.02. The fraction of sp³-hybridized carbons (Fsp3) is 0.348. The molecule has 0 radical (unpaired) electrons. The molecule has 168 valence electrons. The van der Waals surface area contributed by atoms with Crippen molar-refractivity contribution in [3.05, 3.63) is 40.3 Å². The monoisotopic (exact) mass is 477 g/mol. The Bertz CT molecular complexity index is 1420. The lowest BCUT2D eigenvalue weighted by molar-refractivity contribution is -0.115. The molecule has 1 unspecified atom stereocenters. The summed E-state index contributed by atoms with van der Waals surface area (Å²) in [5, 5.41) is 23.1. The van der Waals surface area contributed by atoms with Gasteiger partial charge in [-0.15, -0.1) is 21.5 Å². The molecular formula is C23H23N7OS2. The van der Waals surface area contributed by atoms with Crippen LogP contribution in [-0.2, 0) is 24.8 Å². The Morgan fingerprint density at radius 2 is 2.15 bits per heavy atom. The molecule has 0 saturated carbocycles. The van der Waals surface area contributed by atoms with Gasteiger partial charge in [0.1, 0.15) is 16.6 Å². The van der Waals surface area contributed by atoms with Crippen molar-refractivity contribution in [1.82, 2.24) is 24.6 Å². The molecule has 10 heteroatoms. The van der Waals surface area contributed by atoms with E-state index < -0.39 is 5.25 Å². The molecule has 1 N–H and O–H groups in total. The van der Waals surface area contributed by atoms with E-state index >= 15 is 0 Å². The van der Waals surface area contributed by atoms with Crippen molar-refractivity contribution in [3.8, 4) is 6.07 Å². The first-order chi connectivity index (χ1) is 16.0. The first-order valence-electron chi connectivity index (χ1n) is 10.8. The van der Waals surface area contributed by atoms with Crippen molar-refractivity contribution in [2.45, 2.75) is 36.7 Å². The van der Waals surface area contributed by atoms with Crippen LogP contribution in [0.2, 0.25) is 0 Å². The van der Waals surface area contributed by atoms with E-state index in [1.54, 1.807) is 0 Å². The van der Waals surface area contributed by atoms with Crippen molar-refractivity contribution < 1.29 is 4.79 Å². The Labute approximate surface area is 199 Å². The number of amides is 1. The van der Waals surface area contributed by atoms with Crippen LogP contribution in [0.3, 0.4) is 0 Å². The second-order valence-electron chi connectivity index (χ2n) is 8.15. The maximum absolute atomic E-state index is 13.1. The maximum atomic E-state index is 13.1. The van der Waals surface area contributed by atoms with E-state index in [1.165, 1.54) is 23.1 Å². The lowest BCUT2D eigenvalue weighted by atomic mass is 10.0. The number of benzene rings is 1. The number of hydrogen-bond acceptors (Lipinski definition) is 8. The van der Waals surface area contributed by atoms with E-state index in [0.29, 0.717) is 22.1 Å². The standard InChI is InChI=1S/C23H23N7OS2/c1-4-17(21(31)26-22-15(11-24)13-9-10-29(2)12-18(13)32-22)33-23-25-20-19(27-28-23)14-7-5-6-8-16(14)30(20)3/h5-8,17H,4,9-10,12H2,1-3H3,(H,26,31). The number of hydrogen-bond donors (Lipinski definition) is 1. The average molecular weight is 478 g/mol. The zero-order valence-electron chi connectivity index (χ0n) is 18.6. The number of carbonyl (C=O) groups is 1. The number of carbonyl (C=O) groups excluding carboxylic acids is 1. The zero-order valence-corrected chi connectivity index (χ0v) is 20.3. The molecule has 1 aliphatic rings. The Morgan fingerprint density at radius 1 is 1.33 bits per heavy atom. The van der Waals surface area contributed by atoms with Gasteiger partial charge in [-0.05, 0) is 31.5 Å². The lowest BCUT2D eigenvalue weighted by Crippen LogP contribution is -2.25. The van der Waals surface area contributed by atoms with Gasteiger partial charge < -0.3 is 14.8 Å². The van der Waals surface area contributed by atoms with Crippen molar-refractivity contribution in [1.29, 1.82) is 5.26 Å². The third kappa shape index (κ3) is 3.86. The molecule has 1 atom stereocenters. The van der Waals surface area contributed by atoms with Gasteiger partial charge in [0.05, 0.1) is 16.3 Å². The highest BCUT2D eigenvalue weighted by Gasteiger charge is 2.27. The van der Waals surface area contributed by atoms with Crippen LogP contribution in [0.4, 0.5) is 5.00 Å². The number of anilines is 1. The largest absolute Gasteiger partial charge is 0.327 e. The highest BCUT2D eigenvalue weighted by Crippen LogP contribution is 2.37. The summed E-state index contributed by atoms with van der Waals surface area (Å²) in [5.74, 6) is -0.147. The number of nitrogens with zero attached hydrogens (tertiary/aromatic N) is 6.